The Bertz CT molecular complexity index is 1100. The number of nitrogens with zero attached hydrogens (tertiary/aromatic N) is 1. The van der Waals surface area contributed by atoms with E-state index in [0.717, 1.165) is 0 Å². The van der Waals surface area contributed by atoms with Gasteiger partial charge in [0.15, 0.2) is 5.78 Å². The summed E-state index contributed by atoms with van der Waals surface area (Å²) in [6.07, 6.45) is 3.30. The van der Waals surface area contributed by atoms with Gasteiger partial charge in [0, 0.05) is 28.7 Å². The molecular formula is C24H20ClN2O3P. The Labute approximate surface area is 186 Å². The van der Waals surface area contributed by atoms with Crippen molar-refractivity contribution in [1.82, 2.24) is 4.98 Å². The maximum atomic E-state index is 14.4. The summed E-state index contributed by atoms with van der Waals surface area (Å²) in [4.78, 5) is 4.20. The van der Waals surface area contributed by atoms with E-state index in [4.69, 9.17) is 20.6 Å². The van der Waals surface area contributed by atoms with Gasteiger partial charge in [0.2, 0.25) is 0 Å². The van der Waals surface area contributed by atoms with Gasteiger partial charge in [-0.2, -0.15) is 0 Å². The molecule has 0 saturated carbocycles. The molecule has 0 aliphatic carbocycles. The zero-order valence-electron chi connectivity index (χ0n) is 16.5. The van der Waals surface area contributed by atoms with Crippen LogP contribution in [0.5, 0.6) is 11.5 Å². The molecule has 1 aromatic heterocycles. The average molecular weight is 451 g/mol. The normalized spacial score (nSPS) is 12.0. The molecule has 4 aromatic rings. The van der Waals surface area contributed by atoms with Gasteiger partial charge in [0.25, 0.3) is 0 Å². The zero-order chi connectivity index (χ0) is 21.5. The number of rotatable bonds is 8. The number of hydrogen-bond acceptors (Lipinski definition) is 5. The van der Waals surface area contributed by atoms with Crippen LogP contribution in [0.25, 0.3) is 0 Å². The number of nitrogens with one attached hydrogen (secondary N) is 1. The van der Waals surface area contributed by atoms with Gasteiger partial charge in [-0.05, 0) is 54.6 Å². The van der Waals surface area contributed by atoms with Crippen LogP contribution in [0.4, 0.5) is 5.69 Å². The van der Waals surface area contributed by atoms with E-state index in [1.807, 2.05) is 42.5 Å². The molecule has 3 aromatic carbocycles. The molecule has 1 atom stereocenters. The minimum atomic E-state index is -3.86. The van der Waals surface area contributed by atoms with Crippen molar-refractivity contribution in [3.63, 3.8) is 0 Å². The van der Waals surface area contributed by atoms with Crippen molar-refractivity contribution in [1.29, 1.82) is 0 Å². The Balaban J connectivity index is 1.78. The quantitative estimate of drug-likeness (QED) is 0.288. The fourth-order valence-corrected chi connectivity index (χ4v) is 5.00. The van der Waals surface area contributed by atoms with E-state index < -0.39 is 13.4 Å². The van der Waals surface area contributed by atoms with Crippen molar-refractivity contribution < 1.29 is 13.6 Å². The van der Waals surface area contributed by atoms with Crippen molar-refractivity contribution in [2.75, 3.05) is 5.32 Å². The Morgan fingerprint density at radius 2 is 1.35 bits per heavy atom. The predicted octanol–water partition coefficient (Wildman–Crippen LogP) is 7.20. The van der Waals surface area contributed by atoms with Gasteiger partial charge in [-0.1, -0.05) is 54.1 Å². The second-order valence-electron chi connectivity index (χ2n) is 6.69. The molecule has 5 nitrogen and oxygen atoms in total. The molecule has 1 N–H and O–H groups in total. The lowest BCUT2D eigenvalue weighted by molar-refractivity contribution is 0.376. The second kappa shape index (κ2) is 9.69. The van der Waals surface area contributed by atoms with Crippen LogP contribution in [-0.2, 0) is 4.57 Å². The molecule has 1 heterocycles. The minimum Gasteiger partial charge on any atom is -0.414 e. The fraction of sp³-hybridized carbons (Fsp3) is 0.0417. The Hall–Kier alpha value is -3.27. The average Bonchev–Trinajstić information content (AvgIpc) is 2.80. The molecule has 0 bridgehead atoms. The molecule has 0 spiro atoms. The summed E-state index contributed by atoms with van der Waals surface area (Å²) >= 11 is 6.03. The highest BCUT2D eigenvalue weighted by atomic mass is 35.5. The molecule has 1 unspecified atom stereocenters. The largest absolute Gasteiger partial charge is 0.457 e. The molecule has 0 fully saturated rings. The number of halogens is 1. The van der Waals surface area contributed by atoms with Crippen molar-refractivity contribution in [2.45, 2.75) is 5.78 Å². The van der Waals surface area contributed by atoms with Crippen LogP contribution in [-0.4, -0.2) is 4.98 Å². The van der Waals surface area contributed by atoms with Crippen LogP contribution in [0, 0.1) is 0 Å². The summed E-state index contributed by atoms with van der Waals surface area (Å²) in [7, 11) is -3.86. The lowest BCUT2D eigenvalue weighted by Crippen LogP contribution is -2.18. The minimum absolute atomic E-state index is 0.438. The highest BCUT2D eigenvalue weighted by Gasteiger charge is 2.41. The molecular weight excluding hydrogens is 431 g/mol. The lowest BCUT2D eigenvalue weighted by atomic mass is 10.2. The van der Waals surface area contributed by atoms with Crippen LogP contribution in [0.1, 0.15) is 11.3 Å². The van der Waals surface area contributed by atoms with E-state index in [9.17, 15) is 4.57 Å². The highest BCUT2D eigenvalue weighted by molar-refractivity contribution is 7.55. The molecule has 4 rings (SSSR count). The first-order chi connectivity index (χ1) is 15.1. The summed E-state index contributed by atoms with van der Waals surface area (Å²) in [5.74, 6) is 0.0462. The van der Waals surface area contributed by atoms with Crippen molar-refractivity contribution in [2.24, 2.45) is 0 Å². The van der Waals surface area contributed by atoms with E-state index >= 15 is 0 Å². The number of anilines is 1. The summed E-state index contributed by atoms with van der Waals surface area (Å²) in [6.45, 7) is 0. The molecule has 0 aliphatic heterocycles. The van der Waals surface area contributed by atoms with E-state index in [0.29, 0.717) is 27.8 Å². The predicted molar refractivity (Wildman–Crippen MR) is 124 cm³/mol. The topological polar surface area (TPSA) is 60.5 Å². The van der Waals surface area contributed by atoms with Gasteiger partial charge in [0.1, 0.15) is 11.5 Å². The molecule has 0 radical (unpaired) electrons. The standard InChI is InChI=1S/C24H20ClN2O3P/c25-20-13-15-21(16-14-20)27-24(19-8-7-17-26-18-19)31(28,29-22-9-3-1-4-10-22)30-23-11-5-2-6-12-23/h1-18,24,27H. The van der Waals surface area contributed by atoms with Crippen LogP contribution in [0.15, 0.2) is 109 Å². The van der Waals surface area contributed by atoms with E-state index in [-0.39, 0.29) is 0 Å². The SMILES string of the molecule is O=P(Oc1ccccc1)(Oc1ccccc1)C(Nc1ccc(Cl)cc1)c1cccnc1. The van der Waals surface area contributed by atoms with Gasteiger partial charge >= 0.3 is 7.60 Å². The van der Waals surface area contributed by atoms with E-state index in [2.05, 4.69) is 10.3 Å². The lowest BCUT2D eigenvalue weighted by Gasteiger charge is -2.29. The molecule has 0 saturated heterocycles. The van der Waals surface area contributed by atoms with Gasteiger partial charge < -0.3 is 14.4 Å². The maximum Gasteiger partial charge on any atom is 0.457 e. The summed E-state index contributed by atoms with van der Waals surface area (Å²) in [5.41, 5.74) is 1.37. The number of para-hydroxylation sites is 2. The molecule has 0 amide bonds. The van der Waals surface area contributed by atoms with Crippen LogP contribution in [0.2, 0.25) is 5.02 Å². The molecule has 0 aliphatic rings. The Kier molecular flexibility index (Phi) is 6.56. The van der Waals surface area contributed by atoms with Gasteiger partial charge in [-0.15, -0.1) is 0 Å². The van der Waals surface area contributed by atoms with Crippen molar-refractivity contribution >= 4 is 24.9 Å². The summed E-state index contributed by atoms with van der Waals surface area (Å²) in [5, 5.41) is 3.90. The summed E-state index contributed by atoms with van der Waals surface area (Å²) < 4.78 is 26.4. The first kappa shape index (κ1) is 21.0. The third kappa shape index (κ3) is 5.46. The summed E-state index contributed by atoms with van der Waals surface area (Å²) in [6, 6.07) is 28.7. The Morgan fingerprint density at radius 1 is 0.774 bits per heavy atom. The maximum absolute atomic E-state index is 14.4. The van der Waals surface area contributed by atoms with Crippen LogP contribution in [0.3, 0.4) is 0 Å². The van der Waals surface area contributed by atoms with Gasteiger partial charge in [-0.25, -0.2) is 4.57 Å². The van der Waals surface area contributed by atoms with Crippen molar-refractivity contribution in [3.8, 4) is 11.5 Å². The fourth-order valence-electron chi connectivity index (χ4n) is 2.97. The van der Waals surface area contributed by atoms with Gasteiger partial charge in [-0.3, -0.25) is 4.98 Å². The molecule has 156 valence electrons. The first-order valence-electron chi connectivity index (χ1n) is 9.63. The smallest absolute Gasteiger partial charge is 0.414 e. The molecule has 7 heteroatoms. The number of pyridine rings is 1. The van der Waals surface area contributed by atoms with Crippen LogP contribution >= 0.6 is 19.2 Å². The van der Waals surface area contributed by atoms with E-state index in [1.54, 1.807) is 67.0 Å². The highest BCUT2D eigenvalue weighted by Crippen LogP contribution is 2.60. The van der Waals surface area contributed by atoms with Gasteiger partial charge in [0.05, 0.1) is 0 Å². The molecule has 31 heavy (non-hydrogen) atoms. The number of hydrogen-bond donors (Lipinski definition) is 1. The zero-order valence-corrected chi connectivity index (χ0v) is 18.1. The second-order valence-corrected chi connectivity index (χ2v) is 9.09. The Morgan fingerprint density at radius 3 is 1.87 bits per heavy atom. The number of benzene rings is 3. The monoisotopic (exact) mass is 450 g/mol. The van der Waals surface area contributed by atoms with E-state index in [1.165, 1.54) is 0 Å². The van der Waals surface area contributed by atoms with Crippen molar-refractivity contribution in [3.05, 3.63) is 120 Å². The van der Waals surface area contributed by atoms with Crippen LogP contribution < -0.4 is 14.4 Å². The first-order valence-corrected chi connectivity index (χ1v) is 11.6. The third-order valence-corrected chi connectivity index (χ3v) is 6.66. The third-order valence-electron chi connectivity index (χ3n) is 4.42. The number of aromatic nitrogens is 1.